The minimum absolute atomic E-state index is 0.0707. The molecule has 6 nitrogen and oxygen atoms in total. The van der Waals surface area contributed by atoms with Gasteiger partial charge in [0.1, 0.15) is 11.5 Å². The second-order valence-electron chi connectivity index (χ2n) is 5.70. The molecule has 0 atom stereocenters. The molecule has 0 aromatic heterocycles. The fourth-order valence-electron chi connectivity index (χ4n) is 2.42. The number of anilines is 1. The van der Waals surface area contributed by atoms with Crippen molar-refractivity contribution in [2.45, 2.75) is 19.8 Å². The van der Waals surface area contributed by atoms with Gasteiger partial charge in [-0.25, -0.2) is 0 Å². The molecule has 2 rings (SSSR count). The van der Waals surface area contributed by atoms with Gasteiger partial charge in [-0.15, -0.1) is 0 Å². The lowest BCUT2D eigenvalue weighted by atomic mass is 10.1. The molecule has 140 valence electrons. The molecule has 26 heavy (non-hydrogen) atoms. The number of benzene rings is 2. The van der Waals surface area contributed by atoms with Crippen molar-refractivity contribution in [3.63, 3.8) is 0 Å². The van der Waals surface area contributed by atoms with E-state index in [1.807, 2.05) is 37.3 Å². The molecule has 0 aliphatic rings. The average molecular weight is 359 g/mol. The van der Waals surface area contributed by atoms with Gasteiger partial charge < -0.3 is 24.3 Å². The normalized spacial score (nSPS) is 10.2. The van der Waals surface area contributed by atoms with Gasteiger partial charge in [-0.3, -0.25) is 4.79 Å². The zero-order valence-corrected chi connectivity index (χ0v) is 15.6. The molecular formula is C20H25NO5. The average Bonchev–Trinajstić information content (AvgIpc) is 2.67. The maximum Gasteiger partial charge on any atom is 0.224 e. The molecule has 2 aromatic rings. The number of carbonyl (C=O) groups excluding carboxylic acids is 1. The summed E-state index contributed by atoms with van der Waals surface area (Å²) in [6, 6.07) is 10.9. The third-order valence-electron chi connectivity index (χ3n) is 3.88. The van der Waals surface area contributed by atoms with Crippen LogP contribution in [-0.4, -0.2) is 33.8 Å². The molecule has 0 fully saturated rings. The van der Waals surface area contributed by atoms with E-state index in [0.29, 0.717) is 36.6 Å². The molecule has 0 bridgehead atoms. The first-order valence-electron chi connectivity index (χ1n) is 8.36. The Labute approximate surface area is 154 Å². The van der Waals surface area contributed by atoms with E-state index < -0.39 is 0 Å². The van der Waals surface area contributed by atoms with Gasteiger partial charge in [-0.2, -0.15) is 0 Å². The molecular weight excluding hydrogens is 334 g/mol. The van der Waals surface area contributed by atoms with Crippen molar-refractivity contribution < 1.29 is 23.7 Å². The highest BCUT2D eigenvalue weighted by atomic mass is 16.5. The first kappa shape index (κ1) is 19.4. The number of carbonyl (C=O) groups is 1. The van der Waals surface area contributed by atoms with E-state index in [-0.39, 0.29) is 5.91 Å². The molecule has 0 aliphatic heterocycles. The van der Waals surface area contributed by atoms with Gasteiger partial charge in [0.25, 0.3) is 0 Å². The van der Waals surface area contributed by atoms with E-state index in [4.69, 9.17) is 18.9 Å². The molecule has 0 radical (unpaired) electrons. The number of amides is 1. The number of rotatable bonds is 9. The van der Waals surface area contributed by atoms with Crippen LogP contribution < -0.4 is 24.3 Å². The molecule has 0 saturated carbocycles. The predicted octanol–water partition coefficient (Wildman–Crippen LogP) is 3.82. The number of methoxy groups -OCH3 is 3. The van der Waals surface area contributed by atoms with E-state index in [2.05, 4.69) is 5.32 Å². The Bertz CT molecular complexity index is 728. The molecule has 1 amide bonds. The van der Waals surface area contributed by atoms with Crippen LogP contribution in [0.25, 0.3) is 0 Å². The molecule has 0 spiro atoms. The lowest BCUT2D eigenvalue weighted by molar-refractivity contribution is -0.116. The monoisotopic (exact) mass is 359 g/mol. The minimum atomic E-state index is -0.0707. The Balaban J connectivity index is 1.81. The molecule has 0 saturated heterocycles. The van der Waals surface area contributed by atoms with E-state index in [1.54, 1.807) is 27.4 Å². The number of nitrogens with one attached hydrogen (secondary N) is 1. The van der Waals surface area contributed by atoms with E-state index in [0.717, 1.165) is 17.1 Å². The molecule has 0 aliphatic carbocycles. The van der Waals surface area contributed by atoms with Crippen molar-refractivity contribution in [1.82, 2.24) is 0 Å². The number of hydrogen-bond acceptors (Lipinski definition) is 5. The van der Waals surface area contributed by atoms with Crippen LogP contribution >= 0.6 is 0 Å². The van der Waals surface area contributed by atoms with Crippen molar-refractivity contribution in [1.29, 1.82) is 0 Å². The van der Waals surface area contributed by atoms with E-state index in [9.17, 15) is 4.79 Å². The Morgan fingerprint density at radius 3 is 2.15 bits per heavy atom. The highest BCUT2D eigenvalue weighted by Crippen LogP contribution is 2.32. The SMILES string of the molecule is COc1ccc(OCCCC(=O)Nc2cc(OC)c(OC)cc2C)cc1. The smallest absolute Gasteiger partial charge is 0.224 e. The quantitative estimate of drug-likeness (QED) is 0.690. The molecule has 0 heterocycles. The van der Waals surface area contributed by atoms with Gasteiger partial charge in [-0.05, 0) is 49.2 Å². The summed E-state index contributed by atoms with van der Waals surface area (Å²) in [7, 11) is 4.77. The minimum Gasteiger partial charge on any atom is -0.497 e. The fourth-order valence-corrected chi connectivity index (χ4v) is 2.42. The van der Waals surface area contributed by atoms with Crippen LogP contribution in [0.5, 0.6) is 23.0 Å². The Morgan fingerprint density at radius 1 is 0.923 bits per heavy atom. The van der Waals surface area contributed by atoms with Crippen molar-refractivity contribution in [2.75, 3.05) is 33.3 Å². The summed E-state index contributed by atoms with van der Waals surface area (Å²) in [6.07, 6.45) is 0.980. The summed E-state index contributed by atoms with van der Waals surface area (Å²) in [5.41, 5.74) is 1.62. The Kier molecular flexibility index (Phi) is 7.14. The Morgan fingerprint density at radius 2 is 1.54 bits per heavy atom. The fraction of sp³-hybridized carbons (Fsp3) is 0.350. The number of ether oxygens (including phenoxy) is 4. The first-order chi connectivity index (χ1) is 12.6. The van der Waals surface area contributed by atoms with Crippen LogP contribution in [0.2, 0.25) is 0 Å². The van der Waals surface area contributed by atoms with E-state index in [1.165, 1.54) is 0 Å². The van der Waals surface area contributed by atoms with Crippen LogP contribution in [0.3, 0.4) is 0 Å². The standard InChI is InChI=1S/C20H25NO5/c1-14-12-18(24-3)19(25-4)13-17(14)21-20(22)6-5-11-26-16-9-7-15(23-2)8-10-16/h7-10,12-13H,5-6,11H2,1-4H3,(H,21,22). The van der Waals surface area contributed by atoms with Gasteiger partial charge in [0.2, 0.25) is 5.91 Å². The number of hydrogen-bond donors (Lipinski definition) is 1. The third kappa shape index (κ3) is 5.31. The lowest BCUT2D eigenvalue weighted by Gasteiger charge is -2.13. The Hall–Kier alpha value is -2.89. The van der Waals surface area contributed by atoms with Crippen molar-refractivity contribution in [3.05, 3.63) is 42.0 Å². The summed E-state index contributed by atoms with van der Waals surface area (Å²) >= 11 is 0. The van der Waals surface area contributed by atoms with E-state index >= 15 is 0 Å². The van der Waals surface area contributed by atoms with Gasteiger partial charge in [-0.1, -0.05) is 0 Å². The molecule has 6 heteroatoms. The van der Waals surface area contributed by atoms with Crippen LogP contribution in [0.15, 0.2) is 36.4 Å². The molecule has 0 unspecified atom stereocenters. The van der Waals surface area contributed by atoms with Gasteiger partial charge in [0, 0.05) is 18.2 Å². The predicted molar refractivity (Wildman–Crippen MR) is 101 cm³/mol. The van der Waals surface area contributed by atoms with Crippen molar-refractivity contribution in [2.24, 2.45) is 0 Å². The highest BCUT2D eigenvalue weighted by Gasteiger charge is 2.11. The summed E-state index contributed by atoms with van der Waals surface area (Å²) in [5.74, 6) is 2.68. The topological polar surface area (TPSA) is 66.0 Å². The van der Waals surface area contributed by atoms with Crippen LogP contribution in [0, 0.1) is 6.92 Å². The molecule has 1 N–H and O–H groups in total. The van der Waals surface area contributed by atoms with Crippen molar-refractivity contribution in [3.8, 4) is 23.0 Å². The summed E-state index contributed by atoms with van der Waals surface area (Å²) in [5, 5.41) is 2.90. The van der Waals surface area contributed by atoms with Crippen molar-refractivity contribution >= 4 is 11.6 Å². The summed E-state index contributed by atoms with van der Waals surface area (Å²) in [6.45, 7) is 2.37. The van der Waals surface area contributed by atoms with Crippen LogP contribution in [0.1, 0.15) is 18.4 Å². The van der Waals surface area contributed by atoms with Gasteiger partial charge >= 0.3 is 0 Å². The lowest BCUT2D eigenvalue weighted by Crippen LogP contribution is -2.14. The third-order valence-corrected chi connectivity index (χ3v) is 3.88. The largest absolute Gasteiger partial charge is 0.497 e. The van der Waals surface area contributed by atoms with Gasteiger partial charge in [0.05, 0.1) is 27.9 Å². The zero-order valence-electron chi connectivity index (χ0n) is 15.6. The number of aryl methyl sites for hydroxylation is 1. The zero-order chi connectivity index (χ0) is 18.9. The maximum absolute atomic E-state index is 12.2. The second-order valence-corrected chi connectivity index (χ2v) is 5.70. The first-order valence-corrected chi connectivity index (χ1v) is 8.36. The highest BCUT2D eigenvalue weighted by molar-refractivity contribution is 5.92. The summed E-state index contributed by atoms with van der Waals surface area (Å²) < 4.78 is 21.2. The molecule has 2 aromatic carbocycles. The van der Waals surface area contributed by atoms with Gasteiger partial charge in [0.15, 0.2) is 11.5 Å². The van der Waals surface area contributed by atoms with Crippen LogP contribution in [-0.2, 0) is 4.79 Å². The van der Waals surface area contributed by atoms with Crippen LogP contribution in [0.4, 0.5) is 5.69 Å². The second kappa shape index (κ2) is 9.56. The maximum atomic E-state index is 12.2. The summed E-state index contributed by atoms with van der Waals surface area (Å²) in [4.78, 5) is 12.2.